The molecule has 0 bridgehead atoms. The van der Waals surface area contributed by atoms with E-state index in [0.717, 1.165) is 10.2 Å². The maximum atomic E-state index is 5.70. The van der Waals surface area contributed by atoms with Crippen LogP contribution in [0.15, 0.2) is 23.6 Å². The molecule has 0 aliphatic carbocycles. The molecule has 0 heterocycles. The lowest BCUT2D eigenvalue weighted by Gasteiger charge is -2.29. The van der Waals surface area contributed by atoms with Gasteiger partial charge in [-0.3, -0.25) is 0 Å². The zero-order chi connectivity index (χ0) is 16.7. The summed E-state index contributed by atoms with van der Waals surface area (Å²) in [7, 11) is 2.49. The summed E-state index contributed by atoms with van der Waals surface area (Å²) in [5, 5.41) is 0.345. The van der Waals surface area contributed by atoms with Gasteiger partial charge in [0.1, 0.15) is 0 Å². The van der Waals surface area contributed by atoms with Gasteiger partial charge in [-0.05, 0) is 20.8 Å². The maximum absolute atomic E-state index is 5.70. The predicted octanol–water partition coefficient (Wildman–Crippen LogP) is 1.18. The Balaban J connectivity index is 0. The zero-order valence-corrected chi connectivity index (χ0v) is 17.4. The van der Waals surface area contributed by atoms with Crippen molar-refractivity contribution in [3.63, 3.8) is 0 Å². The molecule has 0 aromatic heterocycles. The van der Waals surface area contributed by atoms with Gasteiger partial charge in [0.15, 0.2) is 0 Å². The van der Waals surface area contributed by atoms with Crippen molar-refractivity contribution < 1.29 is 27.5 Å². The van der Waals surface area contributed by atoms with E-state index < -0.39 is 8.80 Å². The highest BCUT2D eigenvalue weighted by Crippen LogP contribution is 2.24. The first-order valence-corrected chi connectivity index (χ1v) is 9.80. The van der Waals surface area contributed by atoms with E-state index in [4.69, 9.17) is 27.5 Å². The van der Waals surface area contributed by atoms with E-state index in [9.17, 15) is 0 Å². The lowest BCUT2D eigenvalue weighted by atomic mass is 10.9. The molecule has 0 aliphatic heterocycles. The van der Waals surface area contributed by atoms with Crippen molar-refractivity contribution in [2.24, 2.45) is 0 Å². The lowest BCUT2D eigenvalue weighted by molar-refractivity contribution is 0.0340. The van der Waals surface area contributed by atoms with Crippen LogP contribution in [0.2, 0.25) is 0 Å². The Labute approximate surface area is 132 Å². The molecule has 0 unspecified atom stereocenters. The predicted molar refractivity (Wildman–Crippen MR) is 88.8 cm³/mol. The van der Waals surface area contributed by atoms with Crippen LogP contribution in [0.3, 0.4) is 0 Å². The first kappa shape index (κ1) is 22.5. The third-order valence-corrected chi connectivity index (χ3v) is 5.01. The minimum atomic E-state index is -3.12. The lowest BCUT2D eigenvalue weighted by Crippen LogP contribution is -2.50. The molecule has 0 N–H and O–H groups in total. The highest BCUT2D eigenvalue weighted by atomic mass is 28.4. The summed E-state index contributed by atoms with van der Waals surface area (Å²) in [5.74, 6) is 0.208. The molecule has 0 atom stereocenters. The van der Waals surface area contributed by atoms with E-state index in [-0.39, 0.29) is 5.95 Å². The highest BCUT2D eigenvalue weighted by Gasteiger charge is 2.51. The van der Waals surface area contributed by atoms with Gasteiger partial charge < -0.3 is 27.5 Å². The van der Waals surface area contributed by atoms with Gasteiger partial charge in [0, 0.05) is 30.1 Å². The number of hydrogen-bond donors (Lipinski definition) is 0. The highest BCUT2D eigenvalue weighted by molar-refractivity contribution is 6.68. The van der Waals surface area contributed by atoms with Crippen LogP contribution in [0.25, 0.3) is 0 Å². The molecule has 0 spiro atoms. The van der Waals surface area contributed by atoms with Crippen molar-refractivity contribution in [3.05, 3.63) is 23.6 Å². The molecular formula is C13H30O6Si2. The van der Waals surface area contributed by atoms with Crippen molar-refractivity contribution in [2.45, 2.75) is 20.8 Å². The molecule has 0 radical (unpaired) electrons. The van der Waals surface area contributed by atoms with Crippen molar-refractivity contribution in [1.29, 1.82) is 0 Å². The molecule has 6 nitrogen and oxygen atoms in total. The molecule has 0 saturated heterocycles. The van der Waals surface area contributed by atoms with Gasteiger partial charge in [-0.2, -0.15) is 0 Å². The van der Waals surface area contributed by atoms with Crippen LogP contribution >= 0.6 is 0 Å². The Morgan fingerprint density at radius 1 is 0.905 bits per heavy atom. The molecule has 126 valence electrons. The average molecular weight is 339 g/mol. The molecule has 0 amide bonds. The van der Waals surface area contributed by atoms with Gasteiger partial charge in [-0.1, -0.05) is 0 Å². The number of ether oxygens (including phenoxy) is 3. The molecule has 0 aromatic carbocycles. The third kappa shape index (κ3) is 7.67. The van der Waals surface area contributed by atoms with E-state index in [0.29, 0.717) is 25.2 Å². The van der Waals surface area contributed by atoms with Crippen LogP contribution in [-0.4, -0.2) is 60.2 Å². The van der Waals surface area contributed by atoms with Crippen LogP contribution in [-0.2, 0) is 27.5 Å². The fourth-order valence-electron chi connectivity index (χ4n) is 1.49. The first-order valence-electron chi connectivity index (χ1n) is 6.92. The Morgan fingerprint density at radius 2 is 1.24 bits per heavy atom. The zero-order valence-electron chi connectivity index (χ0n) is 14.4. The quantitative estimate of drug-likeness (QED) is 0.440. The number of hydrogen-bond acceptors (Lipinski definition) is 6. The first-order chi connectivity index (χ1) is 10.1. The minimum absolute atomic E-state index is 0.208. The van der Waals surface area contributed by atoms with Gasteiger partial charge >= 0.3 is 14.7 Å². The molecule has 0 rings (SSSR count). The molecule has 0 fully saturated rings. The molecule has 8 heteroatoms. The van der Waals surface area contributed by atoms with Gasteiger partial charge in [-0.25, -0.2) is 0 Å². The summed E-state index contributed by atoms with van der Waals surface area (Å²) in [6.45, 7) is 10.4. The van der Waals surface area contributed by atoms with Crippen molar-refractivity contribution >= 4 is 19.0 Å². The largest absolute Gasteiger partial charge is 0.581 e. The fraction of sp³-hybridized carbons (Fsp3) is 0.692. The topological polar surface area (TPSA) is 55.4 Å². The second-order valence-corrected chi connectivity index (χ2v) is 6.74. The fourth-order valence-corrected chi connectivity index (χ4v) is 3.98. The maximum Gasteiger partial charge on any atom is 0.581 e. The van der Waals surface area contributed by atoms with Crippen molar-refractivity contribution in [3.8, 4) is 0 Å². The third-order valence-electron chi connectivity index (χ3n) is 2.04. The van der Waals surface area contributed by atoms with Crippen LogP contribution in [0.4, 0.5) is 0 Å². The van der Waals surface area contributed by atoms with Crippen LogP contribution in [0.1, 0.15) is 20.8 Å². The molecule has 21 heavy (non-hydrogen) atoms. The Hall–Kier alpha value is -0.806. The van der Waals surface area contributed by atoms with E-state index in [1.165, 1.54) is 21.3 Å². The summed E-state index contributed by atoms with van der Waals surface area (Å²) in [6, 6.07) is 0. The minimum Gasteiger partial charge on any atom is -0.492 e. The average Bonchev–Trinajstić information content (AvgIpc) is 2.46. The van der Waals surface area contributed by atoms with Gasteiger partial charge in [0.25, 0.3) is 0 Å². The Kier molecular flexibility index (Phi) is 15.1. The van der Waals surface area contributed by atoms with Gasteiger partial charge in [0.05, 0.1) is 21.3 Å². The van der Waals surface area contributed by atoms with E-state index in [1.807, 2.05) is 26.5 Å². The van der Waals surface area contributed by atoms with Crippen LogP contribution in [0.5, 0.6) is 0 Å². The van der Waals surface area contributed by atoms with E-state index >= 15 is 0 Å². The Morgan fingerprint density at radius 3 is 1.43 bits per heavy atom. The monoisotopic (exact) mass is 338 g/mol. The Bertz CT molecular complexity index is 273. The molecule has 0 aromatic rings. The summed E-state index contributed by atoms with van der Waals surface area (Å²) in [4.78, 5) is 0. The standard InChI is InChI=1S/C11H24O6Si.C2H6Si/c1-7-15-18(16-8-2,17-9-3)11(14-6)10(12-4)13-5;1-2-3/h7-9H2,1-6H3;2H,1H2,3H3. The summed E-state index contributed by atoms with van der Waals surface area (Å²) >= 11 is 0. The summed E-state index contributed by atoms with van der Waals surface area (Å²) < 4.78 is 32.7. The summed E-state index contributed by atoms with van der Waals surface area (Å²) in [6.07, 6.45) is 0. The second kappa shape index (κ2) is 14.1. The van der Waals surface area contributed by atoms with Gasteiger partial charge in [0.2, 0.25) is 5.38 Å². The smallest absolute Gasteiger partial charge is 0.492 e. The normalized spacial score (nSPS) is 10.2. The van der Waals surface area contributed by atoms with E-state index in [2.05, 4.69) is 6.58 Å². The summed E-state index contributed by atoms with van der Waals surface area (Å²) in [5.41, 5.74) is 1.89. The van der Waals surface area contributed by atoms with Crippen molar-refractivity contribution in [1.82, 2.24) is 0 Å². The molecule has 0 saturated carbocycles. The van der Waals surface area contributed by atoms with Crippen LogP contribution in [0, 0.1) is 0 Å². The van der Waals surface area contributed by atoms with E-state index in [1.54, 1.807) is 0 Å². The molecular weight excluding hydrogens is 308 g/mol. The van der Waals surface area contributed by atoms with Gasteiger partial charge in [-0.15, -0.1) is 12.3 Å². The SMILES string of the molecule is C=C[SiH3].CCO[Si](OCC)(OCC)C(OC)=C(OC)OC. The van der Waals surface area contributed by atoms with Crippen molar-refractivity contribution in [2.75, 3.05) is 41.2 Å². The number of rotatable bonds is 10. The van der Waals surface area contributed by atoms with Crippen LogP contribution < -0.4 is 0 Å². The second-order valence-electron chi connectivity index (χ2n) is 3.49. The molecule has 0 aliphatic rings. The number of methoxy groups -OCH3 is 3.